The number of rotatable bonds is 3. The van der Waals surface area contributed by atoms with Crippen molar-refractivity contribution >= 4 is 11.7 Å². The maximum Gasteiger partial charge on any atom is 0.333 e. The second-order valence-corrected chi connectivity index (χ2v) is 3.85. The van der Waals surface area contributed by atoms with Crippen LogP contribution in [-0.4, -0.2) is 27.8 Å². The van der Waals surface area contributed by atoms with Gasteiger partial charge in [-0.3, -0.25) is 10.1 Å². The van der Waals surface area contributed by atoms with Crippen LogP contribution in [0.3, 0.4) is 0 Å². The van der Waals surface area contributed by atoms with Crippen molar-refractivity contribution in [3.8, 4) is 0 Å². The Balaban J connectivity index is 3.20. The van der Waals surface area contributed by atoms with Gasteiger partial charge >= 0.3 is 11.7 Å². The highest BCUT2D eigenvalue weighted by molar-refractivity contribution is 5.77. The highest BCUT2D eigenvalue weighted by Crippen LogP contribution is 2.22. The highest BCUT2D eigenvalue weighted by Gasteiger charge is 2.34. The van der Waals surface area contributed by atoms with Crippen molar-refractivity contribution in [1.29, 1.82) is 0 Å². The van der Waals surface area contributed by atoms with Crippen LogP contribution in [-0.2, 0) is 15.1 Å². The van der Waals surface area contributed by atoms with Crippen molar-refractivity contribution in [2.75, 3.05) is 7.11 Å². The summed E-state index contributed by atoms with van der Waals surface area (Å²) in [6.45, 7) is 4.67. The predicted octanol–water partition coefficient (Wildman–Crippen LogP) is 1.01. The Hall–Kier alpha value is -1.92. The highest BCUT2D eigenvalue weighted by atomic mass is 16.6. The molecule has 0 aromatic carbocycles. The van der Waals surface area contributed by atoms with E-state index in [9.17, 15) is 14.9 Å². The molecule has 1 aromatic heterocycles. The summed E-state index contributed by atoms with van der Waals surface area (Å²) in [4.78, 5) is 21.6. The minimum absolute atomic E-state index is 0.114. The summed E-state index contributed by atoms with van der Waals surface area (Å²) in [6.07, 6.45) is 1.23. The predicted molar refractivity (Wildman–Crippen MR) is 55.0 cm³/mol. The van der Waals surface area contributed by atoms with E-state index in [-0.39, 0.29) is 11.4 Å². The molecule has 0 spiro atoms. The number of hydrogen-bond acceptors (Lipinski definition) is 5. The van der Waals surface area contributed by atoms with Crippen LogP contribution in [0.25, 0.3) is 0 Å². The number of methoxy groups -OCH3 is 1. The zero-order valence-corrected chi connectivity index (χ0v) is 9.55. The number of carbonyl (C=O) groups is 1. The Bertz CT molecular complexity index is 436. The summed E-state index contributed by atoms with van der Waals surface area (Å²) in [6, 6.07) is 0. The number of carbonyl (C=O) groups excluding carboxylic acids is 1. The van der Waals surface area contributed by atoms with Crippen LogP contribution in [0.5, 0.6) is 0 Å². The van der Waals surface area contributed by atoms with Gasteiger partial charge in [-0.2, -0.15) is 5.10 Å². The van der Waals surface area contributed by atoms with Crippen LogP contribution < -0.4 is 0 Å². The smallest absolute Gasteiger partial charge is 0.333 e. The molecule has 16 heavy (non-hydrogen) atoms. The van der Waals surface area contributed by atoms with E-state index in [1.807, 2.05) is 0 Å². The molecule has 0 aliphatic carbocycles. The number of aryl methyl sites for hydroxylation is 1. The first-order valence-corrected chi connectivity index (χ1v) is 4.60. The van der Waals surface area contributed by atoms with Gasteiger partial charge in [0.1, 0.15) is 11.9 Å². The fraction of sp³-hybridized carbons (Fsp3) is 0.556. The molecule has 0 fully saturated rings. The number of ether oxygens (including phenoxy) is 1. The molecule has 0 N–H and O–H groups in total. The van der Waals surface area contributed by atoms with E-state index in [1.165, 1.54) is 24.9 Å². The molecule has 7 heteroatoms. The molecule has 1 heterocycles. The van der Waals surface area contributed by atoms with Gasteiger partial charge in [0.2, 0.25) is 0 Å². The van der Waals surface area contributed by atoms with Gasteiger partial charge < -0.3 is 4.74 Å². The summed E-state index contributed by atoms with van der Waals surface area (Å²) in [5.74, 6) is -0.509. The normalized spacial score (nSPS) is 11.2. The van der Waals surface area contributed by atoms with Crippen LogP contribution in [0.1, 0.15) is 19.5 Å². The van der Waals surface area contributed by atoms with E-state index in [2.05, 4.69) is 9.84 Å². The van der Waals surface area contributed by atoms with Crippen LogP contribution in [0.15, 0.2) is 6.20 Å². The molecule has 0 aliphatic rings. The number of esters is 1. The fourth-order valence-electron chi connectivity index (χ4n) is 1.26. The lowest BCUT2D eigenvalue weighted by atomic mass is 10.1. The largest absolute Gasteiger partial charge is 0.467 e. The lowest BCUT2D eigenvalue weighted by Crippen LogP contribution is -2.37. The number of nitro groups is 1. The Morgan fingerprint density at radius 3 is 2.56 bits per heavy atom. The van der Waals surface area contributed by atoms with E-state index < -0.39 is 16.4 Å². The quantitative estimate of drug-likeness (QED) is 0.437. The number of aromatic nitrogens is 2. The second kappa shape index (κ2) is 3.92. The molecule has 88 valence electrons. The van der Waals surface area contributed by atoms with Crippen molar-refractivity contribution in [3.63, 3.8) is 0 Å². The van der Waals surface area contributed by atoms with E-state index >= 15 is 0 Å². The first kappa shape index (κ1) is 12.2. The molecule has 7 nitrogen and oxygen atoms in total. The number of nitrogens with zero attached hydrogens (tertiary/aromatic N) is 3. The van der Waals surface area contributed by atoms with Crippen LogP contribution in [0.2, 0.25) is 0 Å². The third kappa shape index (κ3) is 1.88. The Morgan fingerprint density at radius 2 is 2.19 bits per heavy atom. The van der Waals surface area contributed by atoms with Crippen molar-refractivity contribution in [2.24, 2.45) is 0 Å². The molecule has 0 saturated carbocycles. The summed E-state index contributed by atoms with van der Waals surface area (Å²) in [5.41, 5.74) is -0.910. The maximum atomic E-state index is 11.5. The van der Waals surface area contributed by atoms with Crippen molar-refractivity contribution in [1.82, 2.24) is 9.78 Å². The SMILES string of the molecule is COC(=O)C(C)(C)n1cc([N+](=O)[O-])c(C)n1. The fourth-order valence-corrected chi connectivity index (χ4v) is 1.26. The lowest BCUT2D eigenvalue weighted by molar-refractivity contribution is -0.385. The Kier molecular flexibility index (Phi) is 2.97. The summed E-state index contributed by atoms with van der Waals surface area (Å²) < 4.78 is 5.85. The molecule has 0 bridgehead atoms. The standard InChI is InChI=1S/C9H13N3O4/c1-6-7(12(14)15)5-11(10-6)9(2,3)8(13)16-4/h5H,1-4H3. The van der Waals surface area contributed by atoms with Gasteiger partial charge in [0.25, 0.3) is 0 Å². The monoisotopic (exact) mass is 227 g/mol. The Labute approximate surface area is 92.2 Å². The minimum Gasteiger partial charge on any atom is -0.467 e. The molecule has 0 saturated heterocycles. The molecule has 0 aliphatic heterocycles. The molecular formula is C9H13N3O4. The first-order chi connectivity index (χ1) is 7.30. The van der Waals surface area contributed by atoms with E-state index in [4.69, 9.17) is 0 Å². The van der Waals surface area contributed by atoms with Gasteiger partial charge in [0.05, 0.1) is 12.0 Å². The molecule has 0 amide bonds. The van der Waals surface area contributed by atoms with Gasteiger partial charge in [-0.15, -0.1) is 0 Å². The molecule has 0 atom stereocenters. The second-order valence-electron chi connectivity index (χ2n) is 3.85. The van der Waals surface area contributed by atoms with Gasteiger partial charge in [0, 0.05) is 0 Å². The third-order valence-corrected chi connectivity index (χ3v) is 2.33. The van der Waals surface area contributed by atoms with Crippen molar-refractivity contribution < 1.29 is 14.5 Å². The molecular weight excluding hydrogens is 214 g/mol. The van der Waals surface area contributed by atoms with Crippen LogP contribution >= 0.6 is 0 Å². The van der Waals surface area contributed by atoms with Crippen LogP contribution in [0.4, 0.5) is 5.69 Å². The lowest BCUT2D eigenvalue weighted by Gasteiger charge is -2.21. The third-order valence-electron chi connectivity index (χ3n) is 2.33. The van der Waals surface area contributed by atoms with Gasteiger partial charge in [-0.25, -0.2) is 9.48 Å². The Morgan fingerprint density at radius 1 is 1.62 bits per heavy atom. The summed E-state index contributed by atoms with van der Waals surface area (Å²) in [5, 5.41) is 14.6. The topological polar surface area (TPSA) is 87.3 Å². The van der Waals surface area contributed by atoms with Gasteiger partial charge in [0.15, 0.2) is 5.54 Å². The van der Waals surface area contributed by atoms with Crippen molar-refractivity contribution in [3.05, 3.63) is 22.0 Å². The molecule has 0 unspecified atom stereocenters. The maximum absolute atomic E-state index is 11.5. The van der Waals surface area contributed by atoms with Crippen LogP contribution in [0, 0.1) is 17.0 Å². The van der Waals surface area contributed by atoms with E-state index in [1.54, 1.807) is 13.8 Å². The first-order valence-electron chi connectivity index (χ1n) is 4.60. The summed E-state index contributed by atoms with van der Waals surface area (Å²) >= 11 is 0. The number of hydrogen-bond donors (Lipinski definition) is 0. The average molecular weight is 227 g/mol. The summed E-state index contributed by atoms with van der Waals surface area (Å²) in [7, 11) is 1.26. The molecule has 0 radical (unpaired) electrons. The zero-order valence-electron chi connectivity index (χ0n) is 9.55. The minimum atomic E-state index is -1.06. The zero-order chi connectivity index (χ0) is 12.5. The van der Waals surface area contributed by atoms with Crippen molar-refractivity contribution in [2.45, 2.75) is 26.3 Å². The average Bonchev–Trinajstić information content (AvgIpc) is 2.59. The molecule has 1 rings (SSSR count). The van der Waals surface area contributed by atoms with E-state index in [0.29, 0.717) is 0 Å². The van der Waals surface area contributed by atoms with Gasteiger partial charge in [-0.1, -0.05) is 0 Å². The van der Waals surface area contributed by atoms with Gasteiger partial charge in [-0.05, 0) is 20.8 Å². The van der Waals surface area contributed by atoms with E-state index in [0.717, 1.165) is 0 Å². The molecule has 1 aromatic rings.